The predicted octanol–water partition coefficient (Wildman–Crippen LogP) is 0.848. The number of hydrogen-bond acceptors (Lipinski definition) is 3. The summed E-state index contributed by atoms with van der Waals surface area (Å²) in [7, 11) is 0. The van der Waals surface area contributed by atoms with Crippen molar-refractivity contribution in [2.45, 2.75) is 38.2 Å². The minimum absolute atomic E-state index is 0.162. The third-order valence-electron chi connectivity index (χ3n) is 3.63. The molecule has 0 radical (unpaired) electrons. The smallest absolute Gasteiger partial charge is 0.306 e. The summed E-state index contributed by atoms with van der Waals surface area (Å²) in [5, 5.41) is 21.1. The van der Waals surface area contributed by atoms with Crippen molar-refractivity contribution in [1.29, 1.82) is 0 Å². The number of carboxylic acid groups (broad SMARTS) is 1. The molecule has 2 saturated carbocycles. The van der Waals surface area contributed by atoms with Gasteiger partial charge >= 0.3 is 5.97 Å². The van der Waals surface area contributed by atoms with Gasteiger partial charge in [-0.1, -0.05) is 0 Å². The molecule has 2 fully saturated rings. The summed E-state index contributed by atoms with van der Waals surface area (Å²) in [6.07, 6.45) is 4.53. The van der Waals surface area contributed by atoms with Gasteiger partial charge in [0.25, 0.3) is 0 Å². The monoisotopic (exact) mass is 227 g/mol. The fraction of sp³-hybridized carbons (Fsp3) is 0.917. The molecule has 1 atom stereocenters. The lowest BCUT2D eigenvalue weighted by atomic mass is 9.98. The molecule has 0 heterocycles. The van der Waals surface area contributed by atoms with Crippen LogP contribution in [-0.2, 0) is 4.79 Å². The molecule has 0 aromatic heterocycles. The van der Waals surface area contributed by atoms with Gasteiger partial charge in [-0.15, -0.1) is 0 Å². The van der Waals surface area contributed by atoms with Gasteiger partial charge < -0.3 is 15.5 Å². The van der Waals surface area contributed by atoms with Crippen molar-refractivity contribution < 1.29 is 15.0 Å². The number of aliphatic carboxylic acids is 1. The van der Waals surface area contributed by atoms with Gasteiger partial charge in [-0.2, -0.15) is 0 Å². The van der Waals surface area contributed by atoms with Crippen LogP contribution in [0.5, 0.6) is 0 Å². The van der Waals surface area contributed by atoms with E-state index in [1.807, 2.05) is 0 Å². The van der Waals surface area contributed by atoms with Gasteiger partial charge in [0.15, 0.2) is 0 Å². The number of nitrogens with one attached hydrogen (secondary N) is 1. The maximum absolute atomic E-state index is 10.4. The highest BCUT2D eigenvalue weighted by Crippen LogP contribution is 2.48. The highest BCUT2D eigenvalue weighted by molar-refractivity contribution is 5.67. The summed E-state index contributed by atoms with van der Waals surface area (Å²) >= 11 is 0. The molecule has 2 aliphatic rings. The van der Waals surface area contributed by atoms with Crippen LogP contribution < -0.4 is 5.32 Å². The van der Waals surface area contributed by atoms with Crippen LogP contribution in [-0.4, -0.2) is 35.4 Å². The fourth-order valence-corrected chi connectivity index (χ4v) is 2.46. The number of hydrogen-bond donors (Lipinski definition) is 3. The number of aliphatic hydroxyl groups is 1. The molecule has 0 spiro atoms. The SMILES string of the molecule is O=C(O)CC(O)CNCC(C1CC1)C1CC1. The Labute approximate surface area is 96.0 Å². The molecule has 2 aliphatic carbocycles. The summed E-state index contributed by atoms with van der Waals surface area (Å²) < 4.78 is 0. The summed E-state index contributed by atoms with van der Waals surface area (Å²) in [4.78, 5) is 10.4. The van der Waals surface area contributed by atoms with Crippen LogP contribution in [0.3, 0.4) is 0 Å². The van der Waals surface area contributed by atoms with E-state index in [9.17, 15) is 9.90 Å². The Bertz CT molecular complexity index is 237. The zero-order valence-corrected chi connectivity index (χ0v) is 9.56. The molecule has 16 heavy (non-hydrogen) atoms. The Balaban J connectivity index is 1.60. The molecule has 1 unspecified atom stereocenters. The van der Waals surface area contributed by atoms with E-state index >= 15 is 0 Å². The quantitative estimate of drug-likeness (QED) is 0.575. The summed E-state index contributed by atoms with van der Waals surface area (Å²) in [6, 6.07) is 0. The molecule has 92 valence electrons. The zero-order chi connectivity index (χ0) is 11.5. The van der Waals surface area contributed by atoms with Crippen molar-refractivity contribution in [2.75, 3.05) is 13.1 Å². The van der Waals surface area contributed by atoms with Gasteiger partial charge in [-0.05, 0) is 50.0 Å². The molecule has 3 N–H and O–H groups in total. The van der Waals surface area contributed by atoms with Crippen molar-refractivity contribution >= 4 is 5.97 Å². The van der Waals surface area contributed by atoms with Crippen molar-refractivity contribution in [3.63, 3.8) is 0 Å². The maximum Gasteiger partial charge on any atom is 0.306 e. The standard InChI is InChI=1S/C12H21NO3/c14-10(5-12(15)16)6-13-7-11(8-1-2-8)9-3-4-9/h8-11,13-14H,1-7H2,(H,15,16). The lowest BCUT2D eigenvalue weighted by Crippen LogP contribution is -2.33. The van der Waals surface area contributed by atoms with Gasteiger partial charge in [-0.3, -0.25) is 4.79 Å². The van der Waals surface area contributed by atoms with E-state index in [4.69, 9.17) is 5.11 Å². The fourth-order valence-electron chi connectivity index (χ4n) is 2.46. The normalized spacial score (nSPS) is 22.4. The molecule has 0 saturated heterocycles. The van der Waals surface area contributed by atoms with Crippen molar-refractivity contribution in [1.82, 2.24) is 5.32 Å². The van der Waals surface area contributed by atoms with Crippen LogP contribution in [0.2, 0.25) is 0 Å². The molecular weight excluding hydrogens is 206 g/mol. The predicted molar refractivity (Wildman–Crippen MR) is 60.1 cm³/mol. The van der Waals surface area contributed by atoms with E-state index in [-0.39, 0.29) is 6.42 Å². The summed E-state index contributed by atoms with van der Waals surface area (Å²) in [5.74, 6) is 1.64. The van der Waals surface area contributed by atoms with Crippen molar-refractivity contribution in [3.8, 4) is 0 Å². The molecule has 4 nitrogen and oxygen atoms in total. The molecule has 0 aliphatic heterocycles. The molecular formula is C12H21NO3. The first kappa shape index (κ1) is 11.9. The number of aliphatic hydroxyl groups excluding tert-OH is 1. The number of rotatable bonds is 8. The molecule has 0 amide bonds. The van der Waals surface area contributed by atoms with Crippen LogP contribution >= 0.6 is 0 Å². The highest BCUT2D eigenvalue weighted by Gasteiger charge is 2.40. The Hall–Kier alpha value is -0.610. The van der Waals surface area contributed by atoms with Crippen LogP contribution in [0.1, 0.15) is 32.1 Å². The first-order valence-electron chi connectivity index (χ1n) is 6.27. The third kappa shape index (κ3) is 3.76. The molecule has 0 aromatic rings. The largest absolute Gasteiger partial charge is 0.481 e. The van der Waals surface area contributed by atoms with Crippen LogP contribution in [0.25, 0.3) is 0 Å². The Kier molecular flexibility index (Phi) is 3.82. The second kappa shape index (κ2) is 5.15. The lowest BCUT2D eigenvalue weighted by molar-refractivity contribution is -0.139. The van der Waals surface area contributed by atoms with E-state index in [2.05, 4.69) is 5.32 Å². The van der Waals surface area contributed by atoms with Crippen molar-refractivity contribution in [2.24, 2.45) is 17.8 Å². The van der Waals surface area contributed by atoms with Gasteiger partial charge in [0, 0.05) is 6.54 Å². The van der Waals surface area contributed by atoms with E-state index in [0.29, 0.717) is 6.54 Å². The van der Waals surface area contributed by atoms with E-state index in [1.165, 1.54) is 25.7 Å². The minimum atomic E-state index is -0.935. The Morgan fingerprint density at radius 3 is 2.19 bits per heavy atom. The third-order valence-corrected chi connectivity index (χ3v) is 3.63. The Morgan fingerprint density at radius 1 is 1.19 bits per heavy atom. The highest BCUT2D eigenvalue weighted by atomic mass is 16.4. The van der Waals surface area contributed by atoms with E-state index in [1.54, 1.807) is 0 Å². The summed E-state index contributed by atoms with van der Waals surface area (Å²) in [6.45, 7) is 1.36. The molecule has 0 bridgehead atoms. The maximum atomic E-state index is 10.4. The number of carbonyl (C=O) groups is 1. The van der Waals surface area contributed by atoms with Gasteiger partial charge in [0.2, 0.25) is 0 Å². The topological polar surface area (TPSA) is 69.6 Å². The molecule has 0 aromatic carbocycles. The Morgan fingerprint density at radius 2 is 1.75 bits per heavy atom. The summed E-state index contributed by atoms with van der Waals surface area (Å²) in [5.41, 5.74) is 0. The first-order valence-corrected chi connectivity index (χ1v) is 6.27. The van der Waals surface area contributed by atoms with Crippen LogP contribution in [0.4, 0.5) is 0 Å². The van der Waals surface area contributed by atoms with Crippen molar-refractivity contribution in [3.05, 3.63) is 0 Å². The molecule has 2 rings (SSSR count). The van der Waals surface area contributed by atoms with Gasteiger partial charge in [-0.25, -0.2) is 0 Å². The second-order valence-electron chi connectivity index (χ2n) is 5.25. The zero-order valence-electron chi connectivity index (χ0n) is 9.56. The van der Waals surface area contributed by atoms with Gasteiger partial charge in [0.1, 0.15) is 0 Å². The van der Waals surface area contributed by atoms with E-state index in [0.717, 1.165) is 24.3 Å². The van der Waals surface area contributed by atoms with E-state index < -0.39 is 12.1 Å². The number of carboxylic acids is 1. The average molecular weight is 227 g/mol. The van der Waals surface area contributed by atoms with Crippen LogP contribution in [0, 0.1) is 17.8 Å². The van der Waals surface area contributed by atoms with Gasteiger partial charge in [0.05, 0.1) is 12.5 Å². The second-order valence-corrected chi connectivity index (χ2v) is 5.25. The average Bonchev–Trinajstić information content (AvgIpc) is 3.02. The first-order chi connectivity index (χ1) is 7.66. The van der Waals surface area contributed by atoms with Crippen LogP contribution in [0.15, 0.2) is 0 Å². The lowest BCUT2D eigenvalue weighted by Gasteiger charge is -2.17. The molecule has 4 heteroatoms. The minimum Gasteiger partial charge on any atom is -0.481 e.